The summed E-state index contributed by atoms with van der Waals surface area (Å²) in [6.45, 7) is 0.649. The molecule has 4 rings (SSSR count). The molecule has 4 heterocycles. The van der Waals surface area contributed by atoms with Gasteiger partial charge < -0.3 is 10.7 Å². The number of hydrogen-bond acceptors (Lipinski definition) is 4. The van der Waals surface area contributed by atoms with Crippen LogP contribution in [0.1, 0.15) is 0 Å². The molecule has 0 spiro atoms. The van der Waals surface area contributed by atoms with E-state index in [4.69, 9.17) is 5.73 Å². The average Bonchev–Trinajstić information content (AvgIpc) is 3.04. The molecule has 0 bridgehead atoms. The number of hydrogen-bond donors (Lipinski definition) is 2. The summed E-state index contributed by atoms with van der Waals surface area (Å²) >= 11 is 0. The fraction of sp³-hybridized carbons (Fsp3) is 0.0769. The first-order valence-electron chi connectivity index (χ1n) is 6.02. The van der Waals surface area contributed by atoms with Crippen LogP contribution >= 0.6 is 0 Å². The van der Waals surface area contributed by atoms with Crippen LogP contribution < -0.4 is 10.7 Å². The van der Waals surface area contributed by atoms with E-state index in [1.54, 1.807) is 12.5 Å². The van der Waals surface area contributed by atoms with Crippen molar-refractivity contribution >= 4 is 22.1 Å². The molecule has 3 N–H and O–H groups in total. The molecule has 0 aromatic carbocycles. The number of aromatic amines is 1. The van der Waals surface area contributed by atoms with Gasteiger partial charge in [-0.25, -0.2) is 14.6 Å². The fourth-order valence-corrected chi connectivity index (χ4v) is 2.39. The van der Waals surface area contributed by atoms with Gasteiger partial charge in [0.2, 0.25) is 0 Å². The molecule has 19 heavy (non-hydrogen) atoms. The first-order valence-corrected chi connectivity index (χ1v) is 6.02. The highest BCUT2D eigenvalue weighted by molar-refractivity contribution is 6.01. The number of nitrogens with zero attached hydrogens (tertiary/aromatic N) is 4. The van der Waals surface area contributed by atoms with Crippen molar-refractivity contribution in [2.24, 2.45) is 5.73 Å². The predicted molar refractivity (Wildman–Crippen MR) is 73.9 cm³/mol. The van der Waals surface area contributed by atoms with Crippen molar-refractivity contribution in [1.82, 2.24) is 19.6 Å². The van der Waals surface area contributed by atoms with Gasteiger partial charge in [0.25, 0.3) is 0 Å². The highest BCUT2D eigenvalue weighted by Gasteiger charge is 2.14. The number of allylic oxidation sites excluding steroid dienone is 2. The number of nitrogens with one attached hydrogen (secondary N) is 1. The van der Waals surface area contributed by atoms with Gasteiger partial charge >= 0.3 is 0 Å². The van der Waals surface area contributed by atoms with Crippen LogP contribution in [0.2, 0.25) is 0 Å². The van der Waals surface area contributed by atoms with Gasteiger partial charge in [-0.2, -0.15) is 0 Å². The Morgan fingerprint density at radius 2 is 2.26 bits per heavy atom. The Hall–Kier alpha value is -2.76. The maximum absolute atomic E-state index is 5.88. The summed E-state index contributed by atoms with van der Waals surface area (Å²) < 4.78 is 2.00. The second kappa shape index (κ2) is 3.61. The van der Waals surface area contributed by atoms with Crippen molar-refractivity contribution in [1.29, 1.82) is 0 Å². The zero-order valence-corrected chi connectivity index (χ0v) is 10.1. The third kappa shape index (κ3) is 1.43. The van der Waals surface area contributed by atoms with E-state index in [-0.39, 0.29) is 0 Å². The van der Waals surface area contributed by atoms with Crippen molar-refractivity contribution in [3.8, 4) is 0 Å². The lowest BCUT2D eigenvalue weighted by Crippen LogP contribution is -2.33. The lowest BCUT2D eigenvalue weighted by molar-refractivity contribution is 0.725. The molecule has 0 radical (unpaired) electrons. The van der Waals surface area contributed by atoms with E-state index >= 15 is 0 Å². The first kappa shape index (κ1) is 10.2. The normalized spacial score (nSPS) is 15.4. The largest absolute Gasteiger partial charge is 0.401 e. The van der Waals surface area contributed by atoms with Crippen LogP contribution in [0, 0.1) is 0 Å². The van der Waals surface area contributed by atoms with Crippen molar-refractivity contribution in [3.63, 3.8) is 0 Å². The highest BCUT2D eigenvalue weighted by Crippen LogP contribution is 2.22. The monoisotopic (exact) mass is 252 g/mol. The number of aromatic nitrogens is 4. The topological polar surface area (TPSA) is 75.8 Å². The lowest BCUT2D eigenvalue weighted by atomic mass is 10.3. The Labute approximate surface area is 108 Å². The number of pyridine rings is 1. The molecule has 0 amide bonds. The third-order valence-corrected chi connectivity index (χ3v) is 3.26. The van der Waals surface area contributed by atoms with E-state index in [1.807, 2.05) is 40.3 Å². The molecule has 0 atom stereocenters. The molecule has 1 aliphatic heterocycles. The van der Waals surface area contributed by atoms with Crippen LogP contribution in [-0.2, 0) is 0 Å². The zero-order chi connectivity index (χ0) is 12.8. The SMILES string of the molecule is NC1=CC=CN(n2cnc3cnc4[nH]ccc4c32)C1. The van der Waals surface area contributed by atoms with E-state index in [1.165, 1.54) is 0 Å². The number of fused-ring (bicyclic) bond motifs is 3. The average molecular weight is 252 g/mol. The molecule has 3 aromatic heterocycles. The number of imidazole rings is 1. The molecule has 6 nitrogen and oxygen atoms in total. The Morgan fingerprint density at radius 3 is 3.16 bits per heavy atom. The molecule has 6 heteroatoms. The molecule has 0 aliphatic carbocycles. The van der Waals surface area contributed by atoms with Crippen molar-refractivity contribution < 1.29 is 0 Å². The van der Waals surface area contributed by atoms with E-state index < -0.39 is 0 Å². The number of rotatable bonds is 1. The Morgan fingerprint density at radius 1 is 1.32 bits per heavy atom. The Bertz CT molecular complexity index is 822. The van der Waals surface area contributed by atoms with Gasteiger partial charge in [-0.15, -0.1) is 0 Å². The standard InChI is InChI=1S/C13H12N6/c14-9-2-1-5-18(7-9)19-8-17-11-6-16-13-10(12(11)19)3-4-15-13/h1-6,8H,7,14H2,(H,15,16). The summed E-state index contributed by atoms with van der Waals surface area (Å²) in [7, 11) is 0. The summed E-state index contributed by atoms with van der Waals surface area (Å²) in [5.74, 6) is 0. The van der Waals surface area contributed by atoms with Crippen molar-refractivity contribution in [3.05, 3.63) is 48.8 Å². The Balaban J connectivity index is 1.97. The second-order valence-corrected chi connectivity index (χ2v) is 4.50. The quantitative estimate of drug-likeness (QED) is 0.682. The van der Waals surface area contributed by atoms with Crippen molar-refractivity contribution in [2.45, 2.75) is 0 Å². The maximum atomic E-state index is 5.88. The minimum atomic E-state index is 0.649. The molecular formula is C13H12N6. The molecule has 0 fully saturated rings. The van der Waals surface area contributed by atoms with Gasteiger partial charge in [0.15, 0.2) is 0 Å². The first-order chi connectivity index (χ1) is 9.33. The number of nitrogens with two attached hydrogens (primary N) is 1. The van der Waals surface area contributed by atoms with Crippen LogP contribution in [0.25, 0.3) is 22.1 Å². The van der Waals surface area contributed by atoms with Crippen molar-refractivity contribution in [2.75, 3.05) is 11.6 Å². The van der Waals surface area contributed by atoms with Crippen LogP contribution in [0.15, 0.2) is 48.8 Å². The van der Waals surface area contributed by atoms with Gasteiger partial charge in [0.05, 0.1) is 12.7 Å². The summed E-state index contributed by atoms with van der Waals surface area (Å²) in [6.07, 6.45) is 11.3. The Kier molecular flexibility index (Phi) is 1.94. The summed E-state index contributed by atoms with van der Waals surface area (Å²) in [6, 6.07) is 2.01. The van der Waals surface area contributed by atoms with Gasteiger partial charge in [0.1, 0.15) is 23.0 Å². The minimum absolute atomic E-state index is 0.649. The zero-order valence-electron chi connectivity index (χ0n) is 10.1. The van der Waals surface area contributed by atoms with Crippen LogP contribution in [-0.4, -0.2) is 26.2 Å². The van der Waals surface area contributed by atoms with E-state index in [9.17, 15) is 0 Å². The van der Waals surface area contributed by atoms with Crippen LogP contribution in [0.5, 0.6) is 0 Å². The summed E-state index contributed by atoms with van der Waals surface area (Å²) in [5, 5.41) is 3.08. The summed E-state index contributed by atoms with van der Waals surface area (Å²) in [4.78, 5) is 11.9. The van der Waals surface area contributed by atoms with Gasteiger partial charge in [-0.05, 0) is 18.2 Å². The molecule has 0 saturated carbocycles. The molecule has 1 aliphatic rings. The van der Waals surface area contributed by atoms with E-state index in [0.717, 1.165) is 27.8 Å². The molecule has 0 unspecified atom stereocenters. The third-order valence-electron chi connectivity index (χ3n) is 3.26. The second-order valence-electron chi connectivity index (χ2n) is 4.50. The van der Waals surface area contributed by atoms with E-state index in [0.29, 0.717) is 6.54 Å². The smallest absolute Gasteiger partial charge is 0.139 e. The maximum Gasteiger partial charge on any atom is 0.139 e. The number of H-pyrrole nitrogens is 1. The molecular weight excluding hydrogens is 240 g/mol. The predicted octanol–water partition coefficient (Wildman–Crippen LogP) is 1.22. The molecule has 3 aromatic rings. The van der Waals surface area contributed by atoms with Gasteiger partial charge in [0, 0.05) is 23.5 Å². The molecule has 0 saturated heterocycles. The lowest BCUT2D eigenvalue weighted by Gasteiger charge is -2.24. The van der Waals surface area contributed by atoms with Gasteiger partial charge in [-0.3, -0.25) is 5.01 Å². The van der Waals surface area contributed by atoms with Gasteiger partial charge in [-0.1, -0.05) is 0 Å². The fourth-order valence-electron chi connectivity index (χ4n) is 2.39. The van der Waals surface area contributed by atoms with Crippen LogP contribution in [0.4, 0.5) is 0 Å². The highest BCUT2D eigenvalue weighted by atomic mass is 15.5. The minimum Gasteiger partial charge on any atom is -0.401 e. The molecule has 94 valence electrons. The van der Waals surface area contributed by atoms with E-state index in [2.05, 4.69) is 15.0 Å². The van der Waals surface area contributed by atoms with Crippen LogP contribution in [0.3, 0.4) is 0 Å². The summed E-state index contributed by atoms with van der Waals surface area (Å²) in [5.41, 5.74) is 9.47.